The van der Waals surface area contributed by atoms with Crippen molar-refractivity contribution >= 4 is 39.3 Å². The highest BCUT2D eigenvalue weighted by Gasteiger charge is 2.14. The van der Waals surface area contributed by atoms with E-state index in [0.29, 0.717) is 15.3 Å². The normalized spacial score (nSPS) is 10.3. The van der Waals surface area contributed by atoms with Crippen molar-refractivity contribution in [2.24, 2.45) is 0 Å². The third-order valence-corrected chi connectivity index (χ3v) is 3.63. The summed E-state index contributed by atoms with van der Waals surface area (Å²) in [4.78, 5) is 23.8. The van der Waals surface area contributed by atoms with Crippen molar-refractivity contribution in [3.8, 4) is 0 Å². The van der Waals surface area contributed by atoms with Gasteiger partial charge in [-0.1, -0.05) is 23.7 Å². The molecule has 0 radical (unpaired) electrons. The lowest BCUT2D eigenvalue weighted by Gasteiger charge is -2.07. The van der Waals surface area contributed by atoms with Gasteiger partial charge in [0.25, 0.3) is 11.8 Å². The minimum absolute atomic E-state index is 0.254. The third-order valence-electron chi connectivity index (χ3n) is 2.91. The molecule has 0 fully saturated rings. The van der Waals surface area contributed by atoms with Crippen molar-refractivity contribution in [3.63, 3.8) is 0 Å². The summed E-state index contributed by atoms with van der Waals surface area (Å²) < 4.78 is 5.74. The van der Waals surface area contributed by atoms with Gasteiger partial charge < -0.3 is 15.1 Å². The fraction of sp³-hybridized carbons (Fsp3) is 0.200. The zero-order valence-corrected chi connectivity index (χ0v) is 14.1. The first-order valence-corrected chi connectivity index (χ1v) is 7.73. The predicted octanol–water partition coefficient (Wildman–Crippen LogP) is 3.16. The lowest BCUT2D eigenvalue weighted by molar-refractivity contribution is 0.0909. The molecule has 0 bridgehead atoms. The number of hydrogen-bond acceptors (Lipinski definition) is 3. The van der Waals surface area contributed by atoms with E-state index in [1.165, 1.54) is 0 Å². The van der Waals surface area contributed by atoms with E-state index in [1.807, 2.05) is 0 Å². The van der Waals surface area contributed by atoms with Gasteiger partial charge in [-0.2, -0.15) is 0 Å². The summed E-state index contributed by atoms with van der Waals surface area (Å²) in [5, 5.41) is 5.75. The smallest absolute Gasteiger partial charge is 0.287 e. The van der Waals surface area contributed by atoms with Crippen LogP contribution in [0.1, 0.15) is 26.5 Å². The topological polar surface area (TPSA) is 71.3 Å². The molecule has 1 aromatic heterocycles. The summed E-state index contributed by atoms with van der Waals surface area (Å²) in [7, 11) is 0. The van der Waals surface area contributed by atoms with E-state index in [4.69, 9.17) is 16.0 Å². The average molecular weight is 386 g/mol. The molecule has 116 valence electrons. The van der Waals surface area contributed by atoms with Gasteiger partial charge in [-0.05, 0) is 41.1 Å². The van der Waals surface area contributed by atoms with E-state index < -0.39 is 0 Å². The second-order valence-corrected chi connectivity index (χ2v) is 5.74. The molecule has 5 nitrogen and oxygen atoms in total. The molecular weight excluding hydrogens is 372 g/mol. The monoisotopic (exact) mass is 384 g/mol. The molecule has 1 aromatic carbocycles. The summed E-state index contributed by atoms with van der Waals surface area (Å²) in [6, 6.07) is 8.49. The fourth-order valence-corrected chi connectivity index (χ4v) is 2.57. The highest BCUT2D eigenvalue weighted by atomic mass is 79.9. The predicted molar refractivity (Wildman–Crippen MR) is 87.3 cm³/mol. The molecule has 0 aliphatic heterocycles. The summed E-state index contributed by atoms with van der Waals surface area (Å²) in [5.41, 5.74) is 1.14. The Morgan fingerprint density at radius 1 is 1.18 bits per heavy atom. The van der Waals surface area contributed by atoms with Crippen molar-refractivity contribution in [1.82, 2.24) is 10.6 Å². The molecule has 2 amide bonds. The van der Waals surface area contributed by atoms with Gasteiger partial charge in [0, 0.05) is 18.7 Å². The zero-order valence-electron chi connectivity index (χ0n) is 11.8. The van der Waals surface area contributed by atoms with Crippen LogP contribution in [0.5, 0.6) is 0 Å². The Bertz CT molecular complexity index is 700. The summed E-state index contributed by atoms with van der Waals surface area (Å²) in [6.45, 7) is 2.35. The van der Waals surface area contributed by atoms with Crippen molar-refractivity contribution in [1.29, 1.82) is 0 Å². The number of aryl methyl sites for hydroxylation is 1. The Morgan fingerprint density at radius 2 is 1.82 bits per heavy atom. The second kappa shape index (κ2) is 7.47. The molecule has 22 heavy (non-hydrogen) atoms. The van der Waals surface area contributed by atoms with E-state index in [2.05, 4.69) is 26.6 Å². The van der Waals surface area contributed by atoms with Crippen LogP contribution in [0.2, 0.25) is 5.02 Å². The Hall–Kier alpha value is -1.79. The van der Waals surface area contributed by atoms with E-state index >= 15 is 0 Å². The van der Waals surface area contributed by atoms with Crippen LogP contribution in [-0.4, -0.2) is 24.9 Å². The Kier molecular flexibility index (Phi) is 5.63. The van der Waals surface area contributed by atoms with Crippen molar-refractivity contribution in [3.05, 3.63) is 56.9 Å². The van der Waals surface area contributed by atoms with Crippen molar-refractivity contribution < 1.29 is 14.0 Å². The number of carbonyl (C=O) groups is 2. The van der Waals surface area contributed by atoms with Crippen LogP contribution in [0.25, 0.3) is 0 Å². The molecular formula is C15H14BrClN2O3. The maximum absolute atomic E-state index is 11.9. The number of amides is 2. The van der Waals surface area contributed by atoms with Gasteiger partial charge in [-0.15, -0.1) is 0 Å². The molecule has 2 N–H and O–H groups in total. The number of hydrogen-bond donors (Lipinski definition) is 2. The van der Waals surface area contributed by atoms with Gasteiger partial charge >= 0.3 is 0 Å². The Morgan fingerprint density at radius 3 is 2.41 bits per heavy atom. The second-order valence-electron chi connectivity index (χ2n) is 4.55. The quantitative estimate of drug-likeness (QED) is 0.777. The summed E-state index contributed by atoms with van der Waals surface area (Å²) in [6.07, 6.45) is 0. The molecule has 0 spiro atoms. The lowest BCUT2D eigenvalue weighted by atomic mass is 10.2. The molecule has 7 heteroatoms. The van der Waals surface area contributed by atoms with E-state index in [-0.39, 0.29) is 30.7 Å². The molecule has 0 aliphatic rings. The molecule has 0 saturated heterocycles. The highest BCUT2D eigenvalue weighted by molar-refractivity contribution is 9.10. The molecule has 0 aliphatic carbocycles. The first-order chi connectivity index (χ1) is 10.5. The average Bonchev–Trinajstić information content (AvgIpc) is 2.82. The van der Waals surface area contributed by atoms with Crippen molar-refractivity contribution in [2.75, 3.05) is 13.1 Å². The van der Waals surface area contributed by atoms with Gasteiger partial charge in [-0.3, -0.25) is 9.59 Å². The van der Waals surface area contributed by atoms with Crippen LogP contribution >= 0.6 is 27.5 Å². The van der Waals surface area contributed by atoms with Gasteiger partial charge in [0.2, 0.25) is 0 Å². The van der Waals surface area contributed by atoms with Crippen LogP contribution in [0.3, 0.4) is 0 Å². The lowest BCUT2D eigenvalue weighted by Crippen LogP contribution is -2.34. The minimum atomic E-state index is -0.324. The number of carbonyl (C=O) groups excluding carboxylic acids is 2. The van der Waals surface area contributed by atoms with Gasteiger partial charge in [0.1, 0.15) is 0 Å². The van der Waals surface area contributed by atoms with Gasteiger partial charge in [0.05, 0.1) is 10.6 Å². The molecule has 2 rings (SSSR count). The maximum Gasteiger partial charge on any atom is 0.287 e. The number of furan rings is 1. The van der Waals surface area contributed by atoms with Gasteiger partial charge in [-0.25, -0.2) is 0 Å². The van der Waals surface area contributed by atoms with Crippen LogP contribution < -0.4 is 10.6 Å². The summed E-state index contributed by atoms with van der Waals surface area (Å²) >= 11 is 9.10. The summed E-state index contributed by atoms with van der Waals surface area (Å²) in [5.74, 6) is -0.351. The Labute approximate surface area is 141 Å². The molecule has 0 unspecified atom stereocenters. The molecule has 2 aromatic rings. The molecule has 1 heterocycles. The zero-order chi connectivity index (χ0) is 16.1. The van der Waals surface area contributed by atoms with E-state index in [1.54, 1.807) is 37.3 Å². The van der Waals surface area contributed by atoms with Crippen LogP contribution in [0, 0.1) is 6.92 Å². The fourth-order valence-electron chi connectivity index (χ4n) is 1.84. The SMILES string of the molecule is Cc1cc(Br)oc1C(=O)NCCNC(=O)c1ccccc1Cl. The number of nitrogens with one attached hydrogen (secondary N) is 2. The minimum Gasteiger partial charge on any atom is -0.444 e. The van der Waals surface area contributed by atoms with E-state index in [0.717, 1.165) is 5.56 Å². The Balaban J connectivity index is 1.80. The van der Waals surface area contributed by atoms with Crippen molar-refractivity contribution in [2.45, 2.75) is 6.92 Å². The highest BCUT2D eigenvalue weighted by Crippen LogP contribution is 2.19. The third kappa shape index (κ3) is 4.11. The van der Waals surface area contributed by atoms with Crippen LogP contribution in [0.4, 0.5) is 0 Å². The standard InChI is InChI=1S/C15H14BrClN2O3/c1-9-8-12(16)22-13(9)15(21)19-7-6-18-14(20)10-4-2-3-5-11(10)17/h2-5,8H,6-7H2,1H3,(H,18,20)(H,19,21). The van der Waals surface area contributed by atoms with Crippen LogP contribution in [0.15, 0.2) is 39.4 Å². The first-order valence-electron chi connectivity index (χ1n) is 6.56. The molecule has 0 saturated carbocycles. The number of benzene rings is 1. The number of halogens is 2. The van der Waals surface area contributed by atoms with E-state index in [9.17, 15) is 9.59 Å². The first kappa shape index (κ1) is 16.6. The largest absolute Gasteiger partial charge is 0.444 e. The number of rotatable bonds is 5. The van der Waals surface area contributed by atoms with Crippen LogP contribution in [-0.2, 0) is 0 Å². The van der Waals surface area contributed by atoms with Gasteiger partial charge in [0.15, 0.2) is 10.4 Å². The molecule has 0 atom stereocenters. The maximum atomic E-state index is 11.9.